The predicted molar refractivity (Wildman–Crippen MR) is 57.6 cm³/mol. The Labute approximate surface area is 88.5 Å². The summed E-state index contributed by atoms with van der Waals surface area (Å²) in [7, 11) is 0. The van der Waals surface area contributed by atoms with Crippen molar-refractivity contribution < 1.29 is 4.79 Å². The Kier molecular flexibility index (Phi) is 3.82. The molecule has 0 amide bonds. The van der Waals surface area contributed by atoms with Crippen molar-refractivity contribution in [2.75, 3.05) is 0 Å². The third kappa shape index (κ3) is 2.75. The van der Waals surface area contributed by atoms with E-state index in [1.54, 1.807) is 6.92 Å². The molecule has 0 aromatic heterocycles. The van der Waals surface area contributed by atoms with Crippen LogP contribution >= 0.6 is 24.2 Å². The minimum Gasteiger partial charge on any atom is -0.300 e. The number of carbonyl (C=O) groups is 1. The van der Waals surface area contributed by atoms with Gasteiger partial charge in [-0.15, -0.1) is 24.2 Å². The number of ketones is 1. The molecular weight excluding hydrogens is 204 g/mol. The van der Waals surface area contributed by atoms with Crippen molar-refractivity contribution in [3.05, 3.63) is 29.3 Å². The zero-order valence-corrected chi connectivity index (χ0v) is 9.03. The van der Waals surface area contributed by atoms with E-state index in [0.29, 0.717) is 12.3 Å². The summed E-state index contributed by atoms with van der Waals surface area (Å²) >= 11 is 10.0. The van der Waals surface area contributed by atoms with E-state index in [0.717, 1.165) is 16.0 Å². The van der Waals surface area contributed by atoms with Crippen LogP contribution in [-0.4, -0.2) is 5.78 Å². The van der Waals surface area contributed by atoms with Gasteiger partial charge in [0.1, 0.15) is 5.78 Å². The average Bonchev–Trinajstić information content (AvgIpc) is 2.03. The number of thiol groups is 1. The quantitative estimate of drug-likeness (QED) is 0.605. The molecule has 0 radical (unpaired) electrons. The number of benzene rings is 1. The first-order valence-corrected chi connectivity index (χ1v) is 4.98. The van der Waals surface area contributed by atoms with Crippen molar-refractivity contribution in [2.24, 2.45) is 0 Å². The Morgan fingerprint density at radius 1 is 1.54 bits per heavy atom. The second kappa shape index (κ2) is 4.68. The van der Waals surface area contributed by atoms with Crippen LogP contribution in [0.3, 0.4) is 0 Å². The summed E-state index contributed by atoms with van der Waals surface area (Å²) in [5, 5.41) is 0. The van der Waals surface area contributed by atoms with Crippen LogP contribution in [0.1, 0.15) is 18.1 Å². The molecule has 0 bridgehead atoms. The maximum Gasteiger partial charge on any atom is 0.134 e. The molecule has 1 nitrogen and oxygen atoms in total. The van der Waals surface area contributed by atoms with Crippen molar-refractivity contribution in [3.8, 4) is 0 Å². The van der Waals surface area contributed by atoms with Crippen molar-refractivity contribution >= 4 is 30.0 Å². The molecule has 0 heterocycles. The number of alkyl halides is 1. The molecule has 1 rings (SSSR count). The van der Waals surface area contributed by atoms with Crippen molar-refractivity contribution in [2.45, 2.75) is 24.1 Å². The first-order valence-electron chi connectivity index (χ1n) is 4.00. The molecule has 0 saturated heterocycles. The van der Waals surface area contributed by atoms with Crippen LogP contribution in [0.5, 0.6) is 0 Å². The highest BCUT2D eigenvalue weighted by atomic mass is 35.5. The highest BCUT2D eigenvalue weighted by molar-refractivity contribution is 7.80. The summed E-state index contributed by atoms with van der Waals surface area (Å²) < 4.78 is 0. The fraction of sp³-hybridized carbons (Fsp3) is 0.300. The SMILES string of the molecule is CC(=O)Cc1cccc(S)c1CCl. The molecule has 0 fully saturated rings. The van der Waals surface area contributed by atoms with Gasteiger partial charge in [-0.25, -0.2) is 0 Å². The second-order valence-corrected chi connectivity index (χ2v) is 3.68. The normalized spacial score (nSPS) is 10.1. The molecule has 0 atom stereocenters. The van der Waals surface area contributed by atoms with Crippen LogP contribution in [0.15, 0.2) is 23.1 Å². The molecule has 1 aromatic rings. The maximum absolute atomic E-state index is 10.9. The standard InChI is InChI=1S/C10H11ClOS/c1-7(12)5-8-3-2-4-10(13)9(8)6-11/h2-4,13H,5-6H2,1H3. The fourth-order valence-corrected chi connectivity index (χ4v) is 1.93. The molecule has 0 saturated carbocycles. The van der Waals surface area contributed by atoms with Gasteiger partial charge in [-0.1, -0.05) is 12.1 Å². The lowest BCUT2D eigenvalue weighted by atomic mass is 10.0. The van der Waals surface area contributed by atoms with E-state index in [4.69, 9.17) is 11.6 Å². The van der Waals surface area contributed by atoms with E-state index in [1.165, 1.54) is 0 Å². The van der Waals surface area contributed by atoms with E-state index in [9.17, 15) is 4.79 Å². The number of Topliss-reactive ketones (excluding diaryl/α,β-unsaturated/α-hetero) is 1. The Morgan fingerprint density at radius 3 is 2.77 bits per heavy atom. The molecule has 0 aliphatic heterocycles. The summed E-state index contributed by atoms with van der Waals surface area (Å²) in [5.74, 6) is 0.549. The lowest BCUT2D eigenvalue weighted by Crippen LogP contribution is -2.00. The van der Waals surface area contributed by atoms with Gasteiger partial charge < -0.3 is 0 Å². The smallest absolute Gasteiger partial charge is 0.134 e. The van der Waals surface area contributed by atoms with Crippen LogP contribution in [-0.2, 0) is 17.1 Å². The molecular formula is C10H11ClOS. The summed E-state index contributed by atoms with van der Waals surface area (Å²) in [6.45, 7) is 1.57. The molecule has 0 spiro atoms. The van der Waals surface area contributed by atoms with E-state index in [-0.39, 0.29) is 5.78 Å². The summed E-state index contributed by atoms with van der Waals surface area (Å²) in [5.41, 5.74) is 1.94. The van der Waals surface area contributed by atoms with Crippen LogP contribution in [0, 0.1) is 0 Å². The number of carbonyl (C=O) groups excluding carboxylic acids is 1. The number of halogens is 1. The van der Waals surface area contributed by atoms with Crippen LogP contribution in [0.2, 0.25) is 0 Å². The third-order valence-electron chi connectivity index (χ3n) is 1.82. The summed E-state index contributed by atoms with van der Waals surface area (Å²) in [6, 6.07) is 5.68. The zero-order valence-electron chi connectivity index (χ0n) is 7.38. The maximum atomic E-state index is 10.9. The summed E-state index contributed by atoms with van der Waals surface area (Å²) in [4.78, 5) is 11.8. The molecule has 0 aliphatic rings. The Morgan fingerprint density at radius 2 is 2.23 bits per heavy atom. The monoisotopic (exact) mass is 214 g/mol. The van der Waals surface area contributed by atoms with Gasteiger partial charge in [0.05, 0.1) is 0 Å². The van der Waals surface area contributed by atoms with Crippen LogP contribution < -0.4 is 0 Å². The molecule has 1 aromatic carbocycles. The number of hydrogen-bond donors (Lipinski definition) is 1. The second-order valence-electron chi connectivity index (χ2n) is 2.93. The Bertz CT molecular complexity index is 323. The number of hydrogen-bond acceptors (Lipinski definition) is 2. The van der Waals surface area contributed by atoms with Gasteiger partial charge in [-0.3, -0.25) is 4.79 Å². The van der Waals surface area contributed by atoms with Crippen molar-refractivity contribution in [3.63, 3.8) is 0 Å². The van der Waals surface area contributed by atoms with Crippen LogP contribution in [0.4, 0.5) is 0 Å². The minimum atomic E-state index is 0.144. The van der Waals surface area contributed by atoms with Crippen LogP contribution in [0.25, 0.3) is 0 Å². The highest BCUT2D eigenvalue weighted by Crippen LogP contribution is 2.20. The van der Waals surface area contributed by atoms with E-state index in [1.807, 2.05) is 18.2 Å². The minimum absolute atomic E-state index is 0.144. The van der Waals surface area contributed by atoms with E-state index in [2.05, 4.69) is 12.6 Å². The first-order chi connectivity index (χ1) is 6.15. The summed E-state index contributed by atoms with van der Waals surface area (Å²) in [6.07, 6.45) is 0.441. The fourth-order valence-electron chi connectivity index (χ4n) is 1.21. The molecule has 0 aliphatic carbocycles. The molecule has 13 heavy (non-hydrogen) atoms. The van der Waals surface area contributed by atoms with Gasteiger partial charge in [-0.2, -0.15) is 0 Å². The van der Waals surface area contributed by atoms with E-state index < -0.39 is 0 Å². The zero-order chi connectivity index (χ0) is 9.84. The van der Waals surface area contributed by atoms with E-state index >= 15 is 0 Å². The lowest BCUT2D eigenvalue weighted by Gasteiger charge is -2.07. The van der Waals surface area contributed by atoms with Gasteiger partial charge in [0, 0.05) is 17.2 Å². The topological polar surface area (TPSA) is 17.1 Å². The van der Waals surface area contributed by atoms with Crippen molar-refractivity contribution in [1.29, 1.82) is 0 Å². The van der Waals surface area contributed by atoms with Gasteiger partial charge >= 0.3 is 0 Å². The number of rotatable bonds is 3. The van der Waals surface area contributed by atoms with Gasteiger partial charge in [0.15, 0.2) is 0 Å². The molecule has 70 valence electrons. The first kappa shape index (κ1) is 10.6. The van der Waals surface area contributed by atoms with Gasteiger partial charge in [0.25, 0.3) is 0 Å². The molecule has 3 heteroatoms. The lowest BCUT2D eigenvalue weighted by molar-refractivity contribution is -0.116. The largest absolute Gasteiger partial charge is 0.300 e. The van der Waals surface area contributed by atoms with Gasteiger partial charge in [-0.05, 0) is 24.1 Å². The Hall–Kier alpha value is -0.470. The highest BCUT2D eigenvalue weighted by Gasteiger charge is 2.06. The van der Waals surface area contributed by atoms with Gasteiger partial charge in [0.2, 0.25) is 0 Å². The Balaban J connectivity index is 3.05. The molecule has 0 N–H and O–H groups in total. The van der Waals surface area contributed by atoms with Crippen molar-refractivity contribution in [1.82, 2.24) is 0 Å². The third-order valence-corrected chi connectivity index (χ3v) is 2.51. The predicted octanol–water partition coefficient (Wildman–Crippen LogP) is 2.85. The average molecular weight is 215 g/mol. The molecule has 0 unspecified atom stereocenters.